The SMILES string of the molecule is CC1(C)O[C@@H]2[C@@H](CO[C@@]3(COS(=O)(=O)NC(=O)CCCN4C(=O)c5ccccc5C4=O)OC(C)(C)O[C@@H]23)O1. The summed E-state index contributed by atoms with van der Waals surface area (Å²) >= 11 is 0. The molecule has 3 saturated heterocycles. The molecule has 4 aliphatic rings. The number of rotatable bonds is 8. The third-order valence-electron chi connectivity index (χ3n) is 6.59. The molecular formula is C24H30N2O11S. The lowest BCUT2D eigenvalue weighted by atomic mass is 9.98. The molecule has 0 radical (unpaired) electrons. The highest BCUT2D eigenvalue weighted by molar-refractivity contribution is 7.85. The molecule has 38 heavy (non-hydrogen) atoms. The summed E-state index contributed by atoms with van der Waals surface area (Å²) in [5.41, 5.74) is 0.595. The number of imide groups is 1. The van der Waals surface area contributed by atoms with Crippen LogP contribution in [0.4, 0.5) is 0 Å². The molecule has 3 fully saturated rings. The van der Waals surface area contributed by atoms with E-state index in [1.54, 1.807) is 52.0 Å². The number of carbonyl (C=O) groups is 3. The van der Waals surface area contributed by atoms with Gasteiger partial charge in [-0.05, 0) is 46.2 Å². The number of carbonyl (C=O) groups excluding carboxylic acids is 3. The molecule has 0 bridgehead atoms. The van der Waals surface area contributed by atoms with E-state index in [-0.39, 0.29) is 26.0 Å². The van der Waals surface area contributed by atoms with Gasteiger partial charge in [-0.2, -0.15) is 8.42 Å². The van der Waals surface area contributed by atoms with Crippen molar-refractivity contribution in [2.24, 2.45) is 0 Å². The molecule has 13 nitrogen and oxygen atoms in total. The van der Waals surface area contributed by atoms with Crippen LogP contribution in [0.25, 0.3) is 0 Å². The average Bonchev–Trinajstić information content (AvgIpc) is 3.38. The summed E-state index contributed by atoms with van der Waals surface area (Å²) in [5, 5.41) is 0. The molecule has 14 heteroatoms. The number of hydrogen-bond donors (Lipinski definition) is 1. The Bertz CT molecular complexity index is 1230. The van der Waals surface area contributed by atoms with Crippen LogP contribution in [-0.2, 0) is 43.0 Å². The Morgan fingerprint density at radius 2 is 1.71 bits per heavy atom. The average molecular weight is 555 g/mol. The molecular weight excluding hydrogens is 524 g/mol. The van der Waals surface area contributed by atoms with Crippen molar-refractivity contribution in [3.8, 4) is 0 Å². The molecule has 4 aliphatic heterocycles. The fraction of sp³-hybridized carbons (Fsp3) is 0.625. The van der Waals surface area contributed by atoms with Crippen molar-refractivity contribution in [2.45, 2.75) is 76.2 Å². The van der Waals surface area contributed by atoms with E-state index in [0.717, 1.165) is 4.90 Å². The van der Waals surface area contributed by atoms with Gasteiger partial charge in [-0.15, -0.1) is 0 Å². The summed E-state index contributed by atoms with van der Waals surface area (Å²) in [7, 11) is -4.56. The van der Waals surface area contributed by atoms with E-state index in [4.69, 9.17) is 27.9 Å². The van der Waals surface area contributed by atoms with Crippen molar-refractivity contribution < 1.29 is 50.7 Å². The van der Waals surface area contributed by atoms with Crippen molar-refractivity contribution in [2.75, 3.05) is 19.8 Å². The molecule has 208 valence electrons. The lowest BCUT2D eigenvalue weighted by Gasteiger charge is -2.40. The number of ether oxygens (including phenoxy) is 5. The Balaban J connectivity index is 1.15. The molecule has 1 N–H and O–H groups in total. The predicted molar refractivity (Wildman–Crippen MR) is 127 cm³/mol. The van der Waals surface area contributed by atoms with Gasteiger partial charge in [0.25, 0.3) is 11.8 Å². The largest absolute Gasteiger partial charge is 0.362 e. The molecule has 0 saturated carbocycles. The third kappa shape index (κ3) is 5.09. The monoisotopic (exact) mass is 554 g/mol. The Kier molecular flexibility index (Phi) is 6.66. The normalized spacial score (nSPS) is 31.2. The number of amides is 3. The molecule has 1 aromatic rings. The number of benzene rings is 1. The van der Waals surface area contributed by atoms with Crippen molar-refractivity contribution in [1.82, 2.24) is 9.62 Å². The van der Waals surface area contributed by atoms with Crippen LogP contribution in [0.5, 0.6) is 0 Å². The van der Waals surface area contributed by atoms with Crippen LogP contribution in [0, 0.1) is 0 Å². The molecule has 0 aliphatic carbocycles. The zero-order valence-electron chi connectivity index (χ0n) is 21.4. The van der Waals surface area contributed by atoms with Gasteiger partial charge in [0, 0.05) is 13.0 Å². The van der Waals surface area contributed by atoms with Crippen LogP contribution in [-0.4, -0.2) is 86.5 Å². The number of hydrogen-bond acceptors (Lipinski definition) is 11. The molecule has 5 rings (SSSR count). The Morgan fingerprint density at radius 3 is 2.37 bits per heavy atom. The summed E-state index contributed by atoms with van der Waals surface area (Å²) in [6.45, 7) is 6.20. The lowest BCUT2D eigenvalue weighted by Crippen LogP contribution is -2.60. The van der Waals surface area contributed by atoms with E-state index in [1.165, 1.54) is 0 Å². The Morgan fingerprint density at radius 1 is 1.05 bits per heavy atom. The molecule has 0 unspecified atom stereocenters. The van der Waals surface area contributed by atoms with E-state index in [2.05, 4.69) is 0 Å². The van der Waals surface area contributed by atoms with Crippen molar-refractivity contribution in [3.63, 3.8) is 0 Å². The summed E-state index contributed by atoms with van der Waals surface area (Å²) in [4.78, 5) is 38.2. The molecule has 4 atom stereocenters. The fourth-order valence-corrected chi connectivity index (χ4v) is 5.93. The van der Waals surface area contributed by atoms with Gasteiger partial charge in [0.2, 0.25) is 11.7 Å². The zero-order valence-corrected chi connectivity index (χ0v) is 22.2. The van der Waals surface area contributed by atoms with E-state index in [9.17, 15) is 22.8 Å². The summed E-state index contributed by atoms with van der Waals surface area (Å²) in [6, 6.07) is 6.42. The molecule has 0 spiro atoms. The standard InChI is InChI=1S/C24H30N2O11S/c1-22(2)34-16-12-32-24(19(18(16)35-22)36-23(3,4)37-24)13-33-38(30,31)25-17(27)10-7-11-26-20(28)14-8-5-6-9-15(14)21(26)29/h5-6,8-9,16,18-19H,7,10-13H2,1-4H3,(H,25,27)/t16-,18-,19+,24+/m1/s1. The van der Waals surface area contributed by atoms with Crippen LogP contribution < -0.4 is 4.72 Å². The van der Waals surface area contributed by atoms with Gasteiger partial charge in [0.15, 0.2) is 11.6 Å². The van der Waals surface area contributed by atoms with E-state index >= 15 is 0 Å². The van der Waals surface area contributed by atoms with Gasteiger partial charge in [-0.25, -0.2) is 8.91 Å². The van der Waals surface area contributed by atoms with Crippen LogP contribution in [0.15, 0.2) is 24.3 Å². The fourth-order valence-electron chi connectivity index (χ4n) is 5.17. The maximum Gasteiger partial charge on any atom is 0.362 e. The van der Waals surface area contributed by atoms with Gasteiger partial charge < -0.3 is 23.7 Å². The highest BCUT2D eigenvalue weighted by Crippen LogP contribution is 2.47. The minimum Gasteiger partial charge on any atom is -0.343 e. The summed E-state index contributed by atoms with van der Waals surface area (Å²) in [5.74, 6) is -5.40. The minimum atomic E-state index is -4.56. The highest BCUT2D eigenvalue weighted by Gasteiger charge is 2.65. The lowest BCUT2D eigenvalue weighted by molar-refractivity contribution is -0.290. The quantitative estimate of drug-likeness (QED) is 0.454. The van der Waals surface area contributed by atoms with Crippen LogP contribution in [0.2, 0.25) is 0 Å². The number of fused-ring (bicyclic) bond motifs is 4. The second-order valence-corrected chi connectivity index (χ2v) is 11.8. The Hall–Kier alpha value is -2.46. The van der Waals surface area contributed by atoms with Gasteiger partial charge in [-0.3, -0.25) is 19.3 Å². The van der Waals surface area contributed by atoms with E-state index in [0.29, 0.717) is 11.1 Å². The highest BCUT2D eigenvalue weighted by atomic mass is 32.2. The van der Waals surface area contributed by atoms with Crippen molar-refractivity contribution >= 4 is 28.0 Å². The van der Waals surface area contributed by atoms with Crippen LogP contribution >= 0.6 is 0 Å². The topological polar surface area (TPSA) is 156 Å². The maximum absolute atomic E-state index is 12.6. The van der Waals surface area contributed by atoms with Crippen LogP contribution in [0.3, 0.4) is 0 Å². The first-order valence-electron chi connectivity index (χ1n) is 12.2. The summed E-state index contributed by atoms with van der Waals surface area (Å²) in [6.07, 6.45) is -2.11. The number of nitrogens with one attached hydrogen (secondary N) is 1. The second-order valence-electron chi connectivity index (χ2n) is 10.5. The third-order valence-corrected chi connectivity index (χ3v) is 7.50. The maximum atomic E-state index is 12.6. The van der Waals surface area contributed by atoms with Gasteiger partial charge in [-0.1, -0.05) is 12.1 Å². The second kappa shape index (κ2) is 9.33. The first kappa shape index (κ1) is 27.1. The molecule has 3 amide bonds. The minimum absolute atomic E-state index is 0.0411. The van der Waals surface area contributed by atoms with E-state index in [1.807, 2.05) is 4.72 Å². The predicted octanol–water partition coefficient (Wildman–Crippen LogP) is 0.839. The van der Waals surface area contributed by atoms with E-state index < -0.39 is 70.3 Å². The van der Waals surface area contributed by atoms with Crippen molar-refractivity contribution in [3.05, 3.63) is 35.4 Å². The molecule has 0 aromatic heterocycles. The van der Waals surface area contributed by atoms with Gasteiger partial charge >= 0.3 is 10.3 Å². The first-order chi connectivity index (χ1) is 17.7. The van der Waals surface area contributed by atoms with Gasteiger partial charge in [0.1, 0.15) is 24.9 Å². The number of nitrogens with zero attached hydrogens (tertiary/aromatic N) is 1. The van der Waals surface area contributed by atoms with Crippen molar-refractivity contribution in [1.29, 1.82) is 0 Å². The Labute approximate surface area is 219 Å². The van der Waals surface area contributed by atoms with Gasteiger partial charge in [0.05, 0.1) is 17.7 Å². The first-order valence-corrected chi connectivity index (χ1v) is 13.6. The zero-order chi connectivity index (χ0) is 27.5. The molecule has 4 heterocycles. The van der Waals surface area contributed by atoms with Crippen LogP contribution in [0.1, 0.15) is 61.3 Å². The smallest absolute Gasteiger partial charge is 0.343 e. The molecule has 1 aromatic carbocycles. The summed E-state index contributed by atoms with van der Waals surface area (Å²) < 4.78 is 61.6.